The molecule has 0 radical (unpaired) electrons. The van der Waals surface area contributed by atoms with Crippen LogP contribution in [0.3, 0.4) is 0 Å². The maximum absolute atomic E-state index is 8.56. The summed E-state index contributed by atoms with van der Waals surface area (Å²) in [6, 6.07) is 0. The van der Waals surface area contributed by atoms with Gasteiger partial charge in [-0.1, -0.05) is 6.08 Å². The molecule has 0 heterocycles. The van der Waals surface area contributed by atoms with Crippen molar-refractivity contribution in [1.82, 2.24) is 0 Å². The third-order valence-corrected chi connectivity index (χ3v) is 0. The van der Waals surface area contributed by atoms with Crippen LogP contribution in [0.4, 0.5) is 4.79 Å². The molecule has 0 aromatic carbocycles. The van der Waals surface area contributed by atoms with Gasteiger partial charge in [0.05, 0.1) is 0 Å². The van der Waals surface area contributed by atoms with Gasteiger partial charge in [0.15, 0.2) is 0 Å². The van der Waals surface area contributed by atoms with E-state index in [1.807, 2.05) is 6.92 Å². The Labute approximate surface area is 70.3 Å². The molecule has 3 nitrogen and oxygen atoms in total. The average molecular weight is 128 g/mol. The van der Waals surface area contributed by atoms with Crippen molar-refractivity contribution in [3.63, 3.8) is 0 Å². The molecule has 2 N–H and O–H groups in total. The Bertz CT molecular complexity index is 58.3. The summed E-state index contributed by atoms with van der Waals surface area (Å²) in [5.74, 6) is 0. The first kappa shape index (κ1) is 15.7. The average Bonchev–Trinajstić information content (AvgIpc) is 1.33. The third-order valence-electron chi connectivity index (χ3n) is 0. The Kier molecular flexibility index (Phi) is 30.9. The maximum atomic E-state index is 8.56. The molecule has 0 bridgehead atoms. The van der Waals surface area contributed by atoms with Crippen molar-refractivity contribution < 1.29 is 15.0 Å². The van der Waals surface area contributed by atoms with Crippen LogP contribution in [-0.2, 0) is 0 Å². The summed E-state index contributed by atoms with van der Waals surface area (Å²) in [4.78, 5) is 8.56. The van der Waals surface area contributed by atoms with E-state index < -0.39 is 6.16 Å². The summed E-state index contributed by atoms with van der Waals surface area (Å²) in [7, 11) is 0. The van der Waals surface area contributed by atoms with E-state index in [4.69, 9.17) is 15.0 Å². The van der Waals surface area contributed by atoms with Crippen LogP contribution in [0.25, 0.3) is 0 Å². The van der Waals surface area contributed by atoms with E-state index in [2.05, 4.69) is 6.58 Å². The zero-order valence-corrected chi connectivity index (χ0v) is 4.09. The van der Waals surface area contributed by atoms with E-state index >= 15 is 0 Å². The van der Waals surface area contributed by atoms with Crippen molar-refractivity contribution in [2.75, 3.05) is 0 Å². The molecule has 0 saturated heterocycles. The number of carboxylic acid groups (broad SMARTS) is 2. The topological polar surface area (TPSA) is 57.5 Å². The quantitative estimate of drug-likeness (QED) is 0.374. The van der Waals surface area contributed by atoms with Crippen LogP contribution in [-0.4, -0.2) is 45.9 Å². The van der Waals surface area contributed by atoms with Crippen LogP contribution in [0.2, 0.25) is 0 Å². The number of allylic oxidation sites excluding steroid dienone is 1. The number of hydrogen-bond donors (Lipinski definition) is 2. The predicted molar refractivity (Wildman–Crippen MR) is 33.7 cm³/mol. The molecule has 4 heteroatoms. The summed E-state index contributed by atoms with van der Waals surface area (Å²) >= 11 is 0. The van der Waals surface area contributed by atoms with E-state index in [1.165, 1.54) is 0 Å². The zero-order valence-electron chi connectivity index (χ0n) is 4.09. The molecule has 0 aromatic rings. The standard InChI is InChI=1S/C3H6.CH2O3.Na.H/c1-3-2;2-1(3)4;;/h3H,1H2,2H3;(H2,2,3,4);;. The fourth-order valence-corrected chi connectivity index (χ4v) is 0. The molecule has 44 valence electrons. The van der Waals surface area contributed by atoms with Crippen molar-refractivity contribution >= 4 is 35.7 Å². The van der Waals surface area contributed by atoms with E-state index in [9.17, 15) is 0 Å². The summed E-state index contributed by atoms with van der Waals surface area (Å²) in [6.45, 7) is 5.25. The fraction of sp³-hybridized carbons (Fsp3) is 0.250. The zero-order chi connectivity index (χ0) is 6.28. The van der Waals surface area contributed by atoms with Gasteiger partial charge in [-0.15, -0.1) is 6.58 Å². The van der Waals surface area contributed by atoms with Crippen LogP contribution in [0, 0.1) is 0 Å². The van der Waals surface area contributed by atoms with Crippen molar-refractivity contribution in [1.29, 1.82) is 0 Å². The molecule has 0 aliphatic carbocycles. The van der Waals surface area contributed by atoms with Gasteiger partial charge >= 0.3 is 35.7 Å². The second-order valence-corrected chi connectivity index (χ2v) is 0.691. The molecular weight excluding hydrogens is 119 g/mol. The molecule has 0 fully saturated rings. The van der Waals surface area contributed by atoms with Crippen molar-refractivity contribution in [2.24, 2.45) is 0 Å². The minimum atomic E-state index is -1.83. The minimum absolute atomic E-state index is 0. The van der Waals surface area contributed by atoms with E-state index in [0.717, 1.165) is 0 Å². The van der Waals surface area contributed by atoms with Gasteiger partial charge in [0.1, 0.15) is 0 Å². The molecule has 8 heavy (non-hydrogen) atoms. The molecule has 0 aliphatic heterocycles. The van der Waals surface area contributed by atoms with Crippen LogP contribution in [0.15, 0.2) is 12.7 Å². The first-order chi connectivity index (χ1) is 3.15. The molecule has 0 unspecified atom stereocenters. The van der Waals surface area contributed by atoms with Crippen LogP contribution >= 0.6 is 0 Å². The van der Waals surface area contributed by atoms with Crippen molar-refractivity contribution in [3.8, 4) is 0 Å². The van der Waals surface area contributed by atoms with Crippen molar-refractivity contribution in [3.05, 3.63) is 12.7 Å². The number of hydrogen-bond acceptors (Lipinski definition) is 1. The summed E-state index contributed by atoms with van der Waals surface area (Å²) < 4.78 is 0. The predicted octanol–water partition coefficient (Wildman–Crippen LogP) is 0.766. The third kappa shape index (κ3) is 1510000. The van der Waals surface area contributed by atoms with Gasteiger partial charge in [-0.3, -0.25) is 0 Å². The normalized spacial score (nSPS) is 4.62. The second-order valence-electron chi connectivity index (χ2n) is 0.691. The van der Waals surface area contributed by atoms with Crippen LogP contribution < -0.4 is 0 Å². The Hall–Kier alpha value is 0.0100. The van der Waals surface area contributed by atoms with Gasteiger partial charge < -0.3 is 10.2 Å². The van der Waals surface area contributed by atoms with Gasteiger partial charge in [0.2, 0.25) is 0 Å². The van der Waals surface area contributed by atoms with E-state index in [1.54, 1.807) is 6.08 Å². The molecule has 0 spiro atoms. The molecule has 0 atom stereocenters. The molecular formula is C4H9NaO3. The first-order valence-electron chi connectivity index (χ1n) is 1.64. The number of carbonyl (C=O) groups is 1. The monoisotopic (exact) mass is 128 g/mol. The molecule has 0 rings (SSSR count). The Morgan fingerprint density at radius 2 is 1.62 bits per heavy atom. The Morgan fingerprint density at radius 1 is 1.62 bits per heavy atom. The van der Waals surface area contributed by atoms with Crippen LogP contribution in [0.1, 0.15) is 6.92 Å². The van der Waals surface area contributed by atoms with Gasteiger partial charge in [-0.25, -0.2) is 4.79 Å². The Balaban J connectivity index is -0.0000000575. The summed E-state index contributed by atoms with van der Waals surface area (Å²) in [5.41, 5.74) is 0. The van der Waals surface area contributed by atoms with Crippen molar-refractivity contribution in [2.45, 2.75) is 6.92 Å². The van der Waals surface area contributed by atoms with Gasteiger partial charge in [0.25, 0.3) is 0 Å². The molecule has 0 saturated carbocycles. The van der Waals surface area contributed by atoms with Crippen LogP contribution in [0.5, 0.6) is 0 Å². The fourth-order valence-electron chi connectivity index (χ4n) is 0. The summed E-state index contributed by atoms with van der Waals surface area (Å²) in [6.07, 6.45) is -0.0833. The first-order valence-corrected chi connectivity index (χ1v) is 1.64. The second kappa shape index (κ2) is 15.7. The van der Waals surface area contributed by atoms with E-state index in [-0.39, 0.29) is 29.6 Å². The van der Waals surface area contributed by atoms with E-state index in [0.29, 0.717) is 0 Å². The van der Waals surface area contributed by atoms with Gasteiger partial charge in [-0.2, -0.15) is 0 Å². The van der Waals surface area contributed by atoms with Gasteiger partial charge in [-0.05, 0) is 6.92 Å². The SMILES string of the molecule is C=CC.O=C(O)O.[NaH]. The summed E-state index contributed by atoms with van der Waals surface area (Å²) in [5, 5.41) is 13.9. The molecule has 0 amide bonds. The number of rotatable bonds is 0. The van der Waals surface area contributed by atoms with Gasteiger partial charge in [0, 0.05) is 0 Å². The Morgan fingerprint density at radius 3 is 1.62 bits per heavy atom. The molecule has 0 aromatic heterocycles. The molecule has 0 aliphatic rings.